The fourth-order valence-electron chi connectivity index (χ4n) is 3.01. The highest BCUT2D eigenvalue weighted by Crippen LogP contribution is 2.35. The molecule has 1 aromatic heterocycles. The SMILES string of the molecule is Brc1ccc(Br)c2nsnc12.Brc1ccc(N(c2ccccc2)c2ccc(Br)cc2)cc1. The minimum absolute atomic E-state index is 0.921. The second-order valence-electron chi connectivity index (χ2n) is 6.61. The minimum atomic E-state index is 0.921. The Morgan fingerprint density at radius 2 is 0.906 bits per heavy atom. The van der Waals surface area contributed by atoms with E-state index in [2.05, 4.69) is 150 Å². The normalized spacial score (nSPS) is 10.5. The van der Waals surface area contributed by atoms with Gasteiger partial charge in [-0.25, -0.2) is 0 Å². The second kappa shape index (κ2) is 11.0. The molecular weight excluding hydrogens is 682 g/mol. The Balaban J connectivity index is 0.000000186. The van der Waals surface area contributed by atoms with Gasteiger partial charge >= 0.3 is 0 Å². The molecule has 0 bridgehead atoms. The standard InChI is InChI=1S/C18H13Br2N.C6H2Br2N2S/c19-14-6-10-17(11-7-14)21(16-4-2-1-3-5-16)18-12-8-15(20)9-13-18;7-3-1-2-4(8)6-5(3)9-11-10-6/h1-13H;1-2H. The van der Waals surface area contributed by atoms with Gasteiger partial charge in [0.2, 0.25) is 0 Å². The summed E-state index contributed by atoms with van der Waals surface area (Å²) in [7, 11) is 0. The van der Waals surface area contributed by atoms with Gasteiger partial charge < -0.3 is 4.90 Å². The van der Waals surface area contributed by atoms with Crippen LogP contribution in [0.5, 0.6) is 0 Å². The Kier molecular flexibility index (Phi) is 8.12. The summed E-state index contributed by atoms with van der Waals surface area (Å²) in [6, 6.07) is 31.0. The summed E-state index contributed by atoms with van der Waals surface area (Å²) < 4.78 is 12.4. The molecule has 5 rings (SSSR count). The molecule has 0 aliphatic carbocycles. The Hall–Kier alpha value is -1.58. The van der Waals surface area contributed by atoms with Gasteiger partial charge in [0.05, 0.1) is 11.7 Å². The van der Waals surface area contributed by atoms with Crippen LogP contribution in [-0.4, -0.2) is 8.75 Å². The minimum Gasteiger partial charge on any atom is -0.311 e. The monoisotopic (exact) mass is 693 g/mol. The number of benzene rings is 4. The highest BCUT2D eigenvalue weighted by molar-refractivity contribution is 9.11. The van der Waals surface area contributed by atoms with Gasteiger partial charge in [0.1, 0.15) is 11.0 Å². The maximum Gasteiger partial charge on any atom is 0.120 e. The van der Waals surface area contributed by atoms with E-state index < -0.39 is 0 Å². The first-order valence-corrected chi connectivity index (χ1v) is 13.4. The highest BCUT2D eigenvalue weighted by atomic mass is 79.9. The highest BCUT2D eigenvalue weighted by Gasteiger charge is 2.11. The number of hydrogen-bond donors (Lipinski definition) is 0. The number of anilines is 3. The van der Waals surface area contributed by atoms with Crippen LogP contribution in [0.25, 0.3) is 11.0 Å². The lowest BCUT2D eigenvalue weighted by atomic mass is 10.2. The van der Waals surface area contributed by atoms with Gasteiger partial charge in [-0.15, -0.1) is 0 Å². The van der Waals surface area contributed by atoms with Crippen molar-refractivity contribution in [3.05, 3.63) is 109 Å². The molecule has 0 spiro atoms. The van der Waals surface area contributed by atoms with Crippen molar-refractivity contribution in [1.82, 2.24) is 8.75 Å². The summed E-state index contributed by atoms with van der Waals surface area (Å²) >= 11 is 15.0. The number of para-hydroxylation sites is 1. The van der Waals surface area contributed by atoms with E-state index >= 15 is 0 Å². The predicted molar refractivity (Wildman–Crippen MR) is 149 cm³/mol. The number of rotatable bonds is 3. The molecule has 5 aromatic rings. The van der Waals surface area contributed by atoms with Gasteiger partial charge in [-0.1, -0.05) is 50.1 Å². The molecule has 0 N–H and O–H groups in total. The van der Waals surface area contributed by atoms with E-state index in [1.807, 2.05) is 18.2 Å². The summed E-state index contributed by atoms with van der Waals surface area (Å²) in [4.78, 5) is 2.24. The molecule has 3 nitrogen and oxygen atoms in total. The van der Waals surface area contributed by atoms with Crippen molar-refractivity contribution >= 4 is 104 Å². The average Bonchev–Trinajstić information content (AvgIpc) is 3.32. The van der Waals surface area contributed by atoms with Crippen molar-refractivity contribution in [1.29, 1.82) is 0 Å². The molecule has 0 saturated heterocycles. The molecule has 0 unspecified atom stereocenters. The maximum absolute atomic E-state index is 4.13. The quantitative estimate of drug-likeness (QED) is 0.188. The lowest BCUT2D eigenvalue weighted by Gasteiger charge is -2.25. The van der Waals surface area contributed by atoms with Crippen LogP contribution in [0.3, 0.4) is 0 Å². The molecule has 8 heteroatoms. The molecule has 0 aliphatic heterocycles. The molecule has 0 radical (unpaired) electrons. The van der Waals surface area contributed by atoms with E-state index in [1.54, 1.807) is 0 Å². The van der Waals surface area contributed by atoms with Crippen molar-refractivity contribution in [3.8, 4) is 0 Å². The Morgan fingerprint density at radius 3 is 1.34 bits per heavy atom. The summed E-state index contributed by atoms with van der Waals surface area (Å²) in [6.07, 6.45) is 0. The number of nitrogens with zero attached hydrogens (tertiary/aromatic N) is 3. The van der Waals surface area contributed by atoms with E-state index in [1.165, 1.54) is 11.7 Å². The third-order valence-electron chi connectivity index (χ3n) is 4.50. The van der Waals surface area contributed by atoms with E-state index in [9.17, 15) is 0 Å². The number of aromatic nitrogens is 2. The van der Waals surface area contributed by atoms with E-state index in [4.69, 9.17) is 0 Å². The number of fused-ring (bicyclic) bond motifs is 1. The van der Waals surface area contributed by atoms with Crippen molar-refractivity contribution in [3.63, 3.8) is 0 Å². The smallest absolute Gasteiger partial charge is 0.120 e. The largest absolute Gasteiger partial charge is 0.311 e. The van der Waals surface area contributed by atoms with Crippen molar-refractivity contribution < 1.29 is 0 Å². The van der Waals surface area contributed by atoms with Crippen LogP contribution in [0.1, 0.15) is 0 Å². The van der Waals surface area contributed by atoms with Gasteiger partial charge in [0.15, 0.2) is 0 Å². The zero-order valence-corrected chi connectivity index (χ0v) is 23.6. The van der Waals surface area contributed by atoms with Gasteiger partial charge in [0, 0.05) is 35.0 Å². The zero-order chi connectivity index (χ0) is 22.5. The molecular formula is C24H15Br4N3S. The van der Waals surface area contributed by atoms with Crippen LogP contribution in [0, 0.1) is 0 Å². The summed E-state index contributed by atoms with van der Waals surface area (Å²) in [6.45, 7) is 0. The van der Waals surface area contributed by atoms with Crippen LogP contribution in [-0.2, 0) is 0 Å². The molecule has 1 heterocycles. The number of halogens is 4. The molecule has 0 saturated carbocycles. The lowest BCUT2D eigenvalue weighted by Crippen LogP contribution is -2.09. The van der Waals surface area contributed by atoms with E-state index in [0.717, 1.165) is 46.0 Å². The van der Waals surface area contributed by atoms with Crippen LogP contribution in [0.2, 0.25) is 0 Å². The Bertz CT molecular complexity index is 1230. The third kappa shape index (κ3) is 5.66. The molecule has 0 atom stereocenters. The first kappa shape index (κ1) is 23.6. The van der Waals surface area contributed by atoms with Crippen molar-refractivity contribution in [2.24, 2.45) is 0 Å². The van der Waals surface area contributed by atoms with Crippen molar-refractivity contribution in [2.75, 3.05) is 4.90 Å². The van der Waals surface area contributed by atoms with E-state index in [0.29, 0.717) is 0 Å². The summed E-state index contributed by atoms with van der Waals surface area (Å²) in [5, 5.41) is 0. The molecule has 160 valence electrons. The van der Waals surface area contributed by atoms with Crippen LogP contribution in [0.4, 0.5) is 17.1 Å². The third-order valence-corrected chi connectivity index (χ3v) is 7.37. The van der Waals surface area contributed by atoms with Crippen LogP contribution < -0.4 is 4.90 Å². The summed E-state index contributed by atoms with van der Waals surface area (Å²) in [5.74, 6) is 0. The molecule has 4 aromatic carbocycles. The Morgan fingerprint density at radius 1 is 0.500 bits per heavy atom. The maximum atomic E-state index is 4.13. The first-order chi connectivity index (χ1) is 15.5. The van der Waals surface area contributed by atoms with Crippen molar-refractivity contribution in [2.45, 2.75) is 0 Å². The predicted octanol–water partition coefficient (Wildman–Crippen LogP) is 9.90. The van der Waals surface area contributed by atoms with Crippen LogP contribution in [0.15, 0.2) is 109 Å². The van der Waals surface area contributed by atoms with Gasteiger partial charge in [-0.05, 0) is 105 Å². The van der Waals surface area contributed by atoms with Gasteiger partial charge in [-0.2, -0.15) is 8.75 Å². The van der Waals surface area contributed by atoms with E-state index in [-0.39, 0.29) is 0 Å². The average molecular weight is 697 g/mol. The van der Waals surface area contributed by atoms with Gasteiger partial charge in [-0.3, -0.25) is 0 Å². The van der Waals surface area contributed by atoms with Gasteiger partial charge in [0.25, 0.3) is 0 Å². The fraction of sp³-hybridized carbons (Fsp3) is 0. The topological polar surface area (TPSA) is 29.0 Å². The molecule has 0 aliphatic rings. The lowest BCUT2D eigenvalue weighted by molar-refractivity contribution is 1.28. The number of hydrogen-bond acceptors (Lipinski definition) is 4. The molecule has 32 heavy (non-hydrogen) atoms. The fourth-order valence-corrected chi connectivity index (χ4v) is 5.17. The molecule has 0 fully saturated rings. The second-order valence-corrected chi connectivity index (χ2v) is 10.7. The van der Waals surface area contributed by atoms with Crippen LogP contribution >= 0.6 is 75.4 Å². The Labute approximate surface area is 224 Å². The summed E-state index contributed by atoms with van der Waals surface area (Å²) in [5.41, 5.74) is 5.24. The molecule has 0 amide bonds. The zero-order valence-electron chi connectivity index (χ0n) is 16.4. The first-order valence-electron chi connectivity index (χ1n) is 9.45.